The van der Waals surface area contributed by atoms with Gasteiger partial charge in [-0.15, -0.1) is 0 Å². The Bertz CT molecular complexity index is 754. The summed E-state index contributed by atoms with van der Waals surface area (Å²) in [6.45, 7) is 1.19. The van der Waals surface area contributed by atoms with Crippen molar-refractivity contribution in [3.63, 3.8) is 0 Å². The summed E-state index contributed by atoms with van der Waals surface area (Å²) in [7, 11) is -5.72. The third-order valence-electron chi connectivity index (χ3n) is 3.00. The molecule has 7 heteroatoms. The van der Waals surface area contributed by atoms with E-state index >= 15 is 0 Å². The van der Waals surface area contributed by atoms with Crippen molar-refractivity contribution >= 4 is 15.7 Å². The predicted molar refractivity (Wildman–Crippen MR) is 80.6 cm³/mol. The average Bonchev–Trinajstić information content (AvgIpc) is 2.48. The average molecular weight is 342 g/mol. The van der Waals surface area contributed by atoms with Crippen molar-refractivity contribution in [1.82, 2.24) is 0 Å². The second kappa shape index (κ2) is 6.45. The number of rotatable bonds is 4. The lowest BCUT2D eigenvalue weighted by atomic mass is 9.97. The molecule has 0 atom stereocenters. The molecule has 2 aromatic carbocycles. The number of hydrogen-bond acceptors (Lipinski definition) is 3. The minimum atomic E-state index is -5.72. The molecule has 0 unspecified atom stereocenters. The molecule has 0 aliphatic carbocycles. The quantitative estimate of drug-likeness (QED) is 0.472. The van der Waals surface area contributed by atoms with Gasteiger partial charge >= 0.3 is 15.6 Å². The van der Waals surface area contributed by atoms with Crippen LogP contribution in [0.1, 0.15) is 18.1 Å². The summed E-state index contributed by atoms with van der Waals surface area (Å²) < 4.78 is 64.4. The fourth-order valence-corrected chi connectivity index (χ4v) is 2.54. The Kier molecular flexibility index (Phi) is 4.79. The van der Waals surface area contributed by atoms with Gasteiger partial charge in [0, 0.05) is 5.57 Å². The van der Waals surface area contributed by atoms with Crippen molar-refractivity contribution in [3.8, 4) is 0 Å². The van der Waals surface area contributed by atoms with Crippen LogP contribution in [-0.4, -0.2) is 13.9 Å². The van der Waals surface area contributed by atoms with Crippen LogP contribution in [0, 0.1) is 0 Å². The summed E-state index contributed by atoms with van der Waals surface area (Å²) >= 11 is 0. The van der Waals surface area contributed by atoms with Crippen LogP contribution in [-0.2, 0) is 14.3 Å². The predicted octanol–water partition coefficient (Wildman–Crippen LogP) is 4.33. The normalized spacial score (nSPS) is 11.8. The first kappa shape index (κ1) is 17.1. The first-order valence-electron chi connectivity index (χ1n) is 6.55. The fraction of sp³-hybridized carbons (Fsp3) is 0.125. The number of alkyl halides is 3. The standard InChI is InChI=1S/C16H13F3O3S/c1-12(22-23(20,21)16(17,18)19)15(13-8-4-2-5-9-13)14-10-6-3-7-11-14/h2-11H,1H3. The van der Waals surface area contributed by atoms with E-state index in [0.717, 1.165) is 0 Å². The van der Waals surface area contributed by atoms with E-state index in [1.807, 2.05) is 0 Å². The Hall–Kier alpha value is -2.28. The third-order valence-corrected chi connectivity index (χ3v) is 4.03. The fourth-order valence-electron chi connectivity index (χ4n) is 2.04. The van der Waals surface area contributed by atoms with Crippen molar-refractivity contribution in [2.45, 2.75) is 12.4 Å². The van der Waals surface area contributed by atoms with Gasteiger partial charge in [0.05, 0.1) is 0 Å². The first-order chi connectivity index (χ1) is 10.7. The topological polar surface area (TPSA) is 43.4 Å². The first-order valence-corrected chi connectivity index (χ1v) is 7.95. The molecule has 0 fully saturated rings. The lowest BCUT2D eigenvalue weighted by molar-refractivity contribution is -0.0521. The van der Waals surface area contributed by atoms with Gasteiger partial charge in [0.2, 0.25) is 0 Å². The number of hydrogen-bond donors (Lipinski definition) is 0. The minimum Gasteiger partial charge on any atom is -0.380 e. The van der Waals surface area contributed by atoms with Crippen molar-refractivity contribution in [2.75, 3.05) is 0 Å². The Morgan fingerprint density at radius 1 is 0.870 bits per heavy atom. The summed E-state index contributed by atoms with van der Waals surface area (Å²) in [6.07, 6.45) is 0. The molecule has 0 aromatic heterocycles. The van der Waals surface area contributed by atoms with E-state index in [4.69, 9.17) is 0 Å². The van der Waals surface area contributed by atoms with E-state index < -0.39 is 15.6 Å². The molecular formula is C16H13F3O3S. The van der Waals surface area contributed by atoms with Gasteiger partial charge in [-0.2, -0.15) is 21.6 Å². The highest BCUT2D eigenvalue weighted by Gasteiger charge is 2.48. The van der Waals surface area contributed by atoms with Crippen molar-refractivity contribution in [2.24, 2.45) is 0 Å². The zero-order valence-corrected chi connectivity index (χ0v) is 12.9. The molecule has 0 saturated carbocycles. The van der Waals surface area contributed by atoms with Crippen molar-refractivity contribution in [1.29, 1.82) is 0 Å². The van der Waals surface area contributed by atoms with E-state index in [-0.39, 0.29) is 11.3 Å². The molecule has 0 amide bonds. The molecule has 23 heavy (non-hydrogen) atoms. The SMILES string of the molecule is CC(OS(=O)(=O)C(F)(F)F)=C(c1ccccc1)c1ccccc1. The van der Waals surface area contributed by atoms with Crippen molar-refractivity contribution < 1.29 is 25.8 Å². The van der Waals surface area contributed by atoms with E-state index in [2.05, 4.69) is 4.18 Å². The van der Waals surface area contributed by atoms with E-state index in [1.54, 1.807) is 60.7 Å². The Morgan fingerprint density at radius 3 is 1.61 bits per heavy atom. The van der Waals surface area contributed by atoms with E-state index in [0.29, 0.717) is 11.1 Å². The molecule has 3 nitrogen and oxygen atoms in total. The number of allylic oxidation sites excluding steroid dienone is 1. The molecule has 0 saturated heterocycles. The minimum absolute atomic E-state index is 0.277. The number of halogens is 3. The van der Waals surface area contributed by atoms with E-state index in [9.17, 15) is 21.6 Å². The zero-order chi connectivity index (χ0) is 17.1. The van der Waals surface area contributed by atoms with Crippen LogP contribution in [0.3, 0.4) is 0 Å². The molecule has 0 heterocycles. The lowest BCUT2D eigenvalue weighted by Crippen LogP contribution is -2.25. The van der Waals surface area contributed by atoms with Crippen LogP contribution in [0.25, 0.3) is 5.57 Å². The van der Waals surface area contributed by atoms with Crippen molar-refractivity contribution in [3.05, 3.63) is 77.5 Å². The van der Waals surface area contributed by atoms with Crippen LogP contribution >= 0.6 is 0 Å². The smallest absolute Gasteiger partial charge is 0.380 e. The number of benzene rings is 2. The summed E-state index contributed by atoms with van der Waals surface area (Å²) in [5.41, 5.74) is -4.10. The summed E-state index contributed by atoms with van der Waals surface area (Å²) in [5.74, 6) is -0.347. The maximum atomic E-state index is 12.5. The summed E-state index contributed by atoms with van der Waals surface area (Å²) in [5, 5.41) is 0. The molecule has 2 rings (SSSR count). The highest BCUT2D eigenvalue weighted by Crippen LogP contribution is 2.32. The van der Waals surface area contributed by atoms with Gasteiger partial charge in [0.25, 0.3) is 0 Å². The van der Waals surface area contributed by atoms with Gasteiger partial charge in [-0.3, -0.25) is 0 Å². The molecule has 0 N–H and O–H groups in total. The molecule has 0 aliphatic rings. The Labute approximate surface area is 132 Å². The van der Waals surface area contributed by atoms with Crippen LogP contribution in [0.2, 0.25) is 0 Å². The monoisotopic (exact) mass is 342 g/mol. The van der Waals surface area contributed by atoms with Gasteiger partial charge in [0.1, 0.15) is 5.76 Å². The second-order valence-corrected chi connectivity index (χ2v) is 6.18. The van der Waals surface area contributed by atoms with Gasteiger partial charge in [0.15, 0.2) is 0 Å². The van der Waals surface area contributed by atoms with Crippen LogP contribution in [0.5, 0.6) is 0 Å². The highest BCUT2D eigenvalue weighted by molar-refractivity contribution is 7.87. The van der Waals surface area contributed by atoms with Gasteiger partial charge < -0.3 is 4.18 Å². The molecule has 122 valence electrons. The Balaban J connectivity index is 2.58. The zero-order valence-electron chi connectivity index (χ0n) is 12.0. The second-order valence-electron chi connectivity index (χ2n) is 4.65. The molecule has 2 aromatic rings. The maximum Gasteiger partial charge on any atom is 0.534 e. The van der Waals surface area contributed by atoms with Gasteiger partial charge in [-0.05, 0) is 18.1 Å². The Morgan fingerprint density at radius 2 is 1.26 bits per heavy atom. The van der Waals surface area contributed by atoms with Crippen LogP contribution < -0.4 is 0 Å². The van der Waals surface area contributed by atoms with Gasteiger partial charge in [-0.1, -0.05) is 60.7 Å². The summed E-state index contributed by atoms with van der Waals surface area (Å²) in [4.78, 5) is 0. The summed E-state index contributed by atoms with van der Waals surface area (Å²) in [6, 6.07) is 16.9. The molecule has 0 aliphatic heterocycles. The molecule has 0 radical (unpaired) electrons. The van der Waals surface area contributed by atoms with Crippen LogP contribution in [0.4, 0.5) is 13.2 Å². The van der Waals surface area contributed by atoms with Gasteiger partial charge in [-0.25, -0.2) is 0 Å². The highest BCUT2D eigenvalue weighted by atomic mass is 32.2. The third kappa shape index (κ3) is 3.92. The van der Waals surface area contributed by atoms with E-state index in [1.165, 1.54) is 6.92 Å². The molecular weight excluding hydrogens is 329 g/mol. The molecule has 0 bridgehead atoms. The lowest BCUT2D eigenvalue weighted by Gasteiger charge is -2.15. The largest absolute Gasteiger partial charge is 0.534 e. The maximum absolute atomic E-state index is 12.5. The van der Waals surface area contributed by atoms with Crippen LogP contribution in [0.15, 0.2) is 66.4 Å². The molecule has 0 spiro atoms.